The average molecular weight is 487 g/mol. The van der Waals surface area contributed by atoms with Gasteiger partial charge in [0.15, 0.2) is 0 Å². The number of carbonyl (C=O) groups excluding carboxylic acids is 2. The van der Waals surface area contributed by atoms with Gasteiger partial charge in [-0.25, -0.2) is 23.9 Å². The second-order valence-corrected chi connectivity index (χ2v) is 9.05. The summed E-state index contributed by atoms with van der Waals surface area (Å²) in [6, 6.07) is 5.32. The molecule has 0 N–H and O–H groups in total. The normalized spacial score (nSPS) is 15.4. The van der Waals surface area contributed by atoms with Crippen LogP contribution in [0.15, 0.2) is 24.3 Å². The van der Waals surface area contributed by atoms with Gasteiger partial charge < -0.3 is 14.4 Å². The zero-order valence-electron chi connectivity index (χ0n) is 19.6. The number of aromatic nitrogens is 2. The van der Waals surface area contributed by atoms with Gasteiger partial charge in [0.1, 0.15) is 33.2 Å². The van der Waals surface area contributed by atoms with Gasteiger partial charge in [-0.3, -0.25) is 4.90 Å². The monoisotopic (exact) mass is 486 g/mol. The summed E-state index contributed by atoms with van der Waals surface area (Å²) in [6.45, 7) is 8.20. The van der Waals surface area contributed by atoms with E-state index in [2.05, 4.69) is 9.88 Å². The third kappa shape index (κ3) is 4.60. The molecular formula is C24H27FN4O4S. The predicted molar refractivity (Wildman–Crippen MR) is 128 cm³/mol. The minimum absolute atomic E-state index is 0.307. The molecule has 10 heteroatoms. The predicted octanol–water partition coefficient (Wildman–Crippen LogP) is 3.66. The molecule has 2 aromatic heterocycles. The quantitative estimate of drug-likeness (QED) is 0.488. The number of fused-ring (bicyclic) bond motifs is 1. The van der Waals surface area contributed by atoms with Gasteiger partial charge in [0.2, 0.25) is 0 Å². The molecule has 8 nitrogen and oxygen atoms in total. The Bertz CT molecular complexity index is 1210. The third-order valence-electron chi connectivity index (χ3n) is 5.93. The van der Waals surface area contributed by atoms with E-state index < -0.39 is 6.04 Å². The molecule has 0 radical (unpaired) electrons. The van der Waals surface area contributed by atoms with E-state index in [4.69, 9.17) is 14.5 Å². The summed E-state index contributed by atoms with van der Waals surface area (Å²) in [5.74, 6) is 0.321. The number of methoxy groups -OCH3 is 1. The van der Waals surface area contributed by atoms with Crippen molar-refractivity contribution in [1.29, 1.82) is 0 Å². The molecule has 1 aliphatic rings. The summed E-state index contributed by atoms with van der Waals surface area (Å²) in [5, 5.41) is 0.857. The number of aryl methyl sites for hydroxylation is 2. The lowest BCUT2D eigenvalue weighted by Gasteiger charge is -2.39. The molecule has 180 valence electrons. The van der Waals surface area contributed by atoms with E-state index in [0.717, 1.165) is 21.6 Å². The fraction of sp³-hybridized carbons (Fsp3) is 0.417. The fourth-order valence-corrected chi connectivity index (χ4v) is 5.40. The van der Waals surface area contributed by atoms with Crippen molar-refractivity contribution in [1.82, 2.24) is 14.9 Å². The zero-order chi connectivity index (χ0) is 24.4. The van der Waals surface area contributed by atoms with Crippen LogP contribution >= 0.6 is 11.3 Å². The van der Waals surface area contributed by atoms with Gasteiger partial charge in [-0.15, -0.1) is 11.3 Å². The van der Waals surface area contributed by atoms with Crippen molar-refractivity contribution >= 4 is 39.3 Å². The number of halogens is 1. The first-order chi connectivity index (χ1) is 16.3. The first-order valence-corrected chi connectivity index (χ1v) is 11.9. The standard InChI is InChI=1S/C24H27FN4O4S/c1-5-33-24(31)20-14(2)18-21(26-15(3)27-22(18)34-20)29-12-10-28(11-13-29)19(23(30)32-4)16-6-8-17(25)9-7-16/h6-9,19H,5,10-13H2,1-4H3/t19-/m1/s1. The molecule has 0 aliphatic carbocycles. The molecule has 0 saturated carbocycles. The van der Waals surface area contributed by atoms with Crippen LogP contribution < -0.4 is 4.90 Å². The van der Waals surface area contributed by atoms with Gasteiger partial charge in [-0.2, -0.15) is 0 Å². The number of benzene rings is 1. The summed E-state index contributed by atoms with van der Waals surface area (Å²) in [7, 11) is 1.36. The highest BCUT2D eigenvalue weighted by atomic mass is 32.1. The molecule has 1 aliphatic heterocycles. The molecule has 34 heavy (non-hydrogen) atoms. The first kappa shape index (κ1) is 24.0. The first-order valence-electron chi connectivity index (χ1n) is 11.1. The summed E-state index contributed by atoms with van der Waals surface area (Å²) in [4.78, 5) is 39.8. The molecule has 0 amide bonds. The van der Waals surface area contributed by atoms with Crippen LogP contribution in [0, 0.1) is 19.7 Å². The highest BCUT2D eigenvalue weighted by Gasteiger charge is 2.33. The van der Waals surface area contributed by atoms with Crippen molar-refractivity contribution in [2.75, 3.05) is 44.8 Å². The average Bonchev–Trinajstić information content (AvgIpc) is 3.16. The van der Waals surface area contributed by atoms with E-state index in [1.807, 2.05) is 18.7 Å². The van der Waals surface area contributed by atoms with E-state index in [1.54, 1.807) is 19.1 Å². The molecule has 3 aromatic rings. The molecule has 0 unspecified atom stereocenters. The number of nitrogens with zero attached hydrogens (tertiary/aromatic N) is 4. The van der Waals surface area contributed by atoms with Crippen molar-refractivity contribution < 1.29 is 23.5 Å². The van der Waals surface area contributed by atoms with Crippen LogP contribution in [-0.2, 0) is 14.3 Å². The number of thiophene rings is 1. The zero-order valence-corrected chi connectivity index (χ0v) is 20.4. The van der Waals surface area contributed by atoms with Crippen LogP contribution in [-0.4, -0.2) is 66.7 Å². The number of anilines is 1. The van der Waals surface area contributed by atoms with E-state index in [9.17, 15) is 14.0 Å². The lowest BCUT2D eigenvalue weighted by molar-refractivity contribution is -0.147. The maximum absolute atomic E-state index is 13.4. The summed E-state index contributed by atoms with van der Waals surface area (Å²) >= 11 is 1.32. The number of hydrogen-bond acceptors (Lipinski definition) is 9. The highest BCUT2D eigenvalue weighted by molar-refractivity contribution is 7.20. The SMILES string of the molecule is CCOC(=O)c1sc2nc(C)nc(N3CCN([C@@H](C(=O)OC)c4ccc(F)cc4)CC3)c2c1C. The topological polar surface area (TPSA) is 84.9 Å². The summed E-state index contributed by atoms with van der Waals surface area (Å²) in [5.41, 5.74) is 1.50. The van der Waals surface area contributed by atoms with E-state index >= 15 is 0 Å². The number of esters is 2. The molecule has 0 bridgehead atoms. The summed E-state index contributed by atoms with van der Waals surface area (Å²) < 4.78 is 23.7. The maximum atomic E-state index is 13.4. The van der Waals surface area contributed by atoms with Crippen LogP contribution in [0.5, 0.6) is 0 Å². The second kappa shape index (κ2) is 10.0. The number of ether oxygens (including phenoxy) is 2. The molecule has 4 rings (SSSR count). The lowest BCUT2D eigenvalue weighted by atomic mass is 10.0. The Morgan fingerprint density at radius 3 is 2.41 bits per heavy atom. The van der Waals surface area contributed by atoms with Crippen molar-refractivity contribution in [2.45, 2.75) is 26.8 Å². The summed E-state index contributed by atoms with van der Waals surface area (Å²) in [6.07, 6.45) is 0. The van der Waals surface area contributed by atoms with Crippen molar-refractivity contribution in [3.63, 3.8) is 0 Å². The van der Waals surface area contributed by atoms with Gasteiger partial charge in [-0.1, -0.05) is 12.1 Å². The van der Waals surface area contributed by atoms with Crippen LogP contribution in [0.3, 0.4) is 0 Å². The maximum Gasteiger partial charge on any atom is 0.348 e. The molecule has 3 heterocycles. The van der Waals surface area contributed by atoms with Crippen molar-refractivity contribution in [2.24, 2.45) is 0 Å². The van der Waals surface area contributed by atoms with Crippen molar-refractivity contribution in [3.05, 3.63) is 51.9 Å². The van der Waals surface area contributed by atoms with Gasteiger partial charge in [-0.05, 0) is 44.0 Å². The molecule has 1 aromatic carbocycles. The fourth-order valence-electron chi connectivity index (χ4n) is 4.29. The molecular weight excluding hydrogens is 459 g/mol. The minimum Gasteiger partial charge on any atom is -0.468 e. The Morgan fingerprint density at radius 2 is 1.79 bits per heavy atom. The lowest BCUT2D eigenvalue weighted by Crippen LogP contribution is -2.49. The number of rotatable bonds is 6. The largest absolute Gasteiger partial charge is 0.468 e. The molecule has 1 saturated heterocycles. The van der Waals surface area contributed by atoms with E-state index in [-0.39, 0.29) is 17.8 Å². The smallest absolute Gasteiger partial charge is 0.348 e. The number of carbonyl (C=O) groups is 2. The number of hydrogen-bond donors (Lipinski definition) is 0. The van der Waals surface area contributed by atoms with E-state index in [1.165, 1.54) is 30.6 Å². The van der Waals surface area contributed by atoms with Gasteiger partial charge in [0.25, 0.3) is 0 Å². The Morgan fingerprint density at radius 1 is 1.12 bits per heavy atom. The van der Waals surface area contributed by atoms with Crippen molar-refractivity contribution in [3.8, 4) is 0 Å². The van der Waals surface area contributed by atoms with Gasteiger partial charge >= 0.3 is 11.9 Å². The Kier molecular flexibility index (Phi) is 7.08. The molecule has 0 spiro atoms. The molecule has 1 atom stereocenters. The number of piperazine rings is 1. The molecule has 1 fully saturated rings. The Labute approximate surface area is 201 Å². The Balaban J connectivity index is 1.61. The Hall–Kier alpha value is -3.11. The van der Waals surface area contributed by atoms with Crippen LogP contribution in [0.4, 0.5) is 10.2 Å². The van der Waals surface area contributed by atoms with Crippen LogP contribution in [0.1, 0.15) is 39.6 Å². The van der Waals surface area contributed by atoms with E-state index in [0.29, 0.717) is 49.1 Å². The van der Waals surface area contributed by atoms with Gasteiger partial charge in [0.05, 0.1) is 19.1 Å². The minimum atomic E-state index is -0.613. The highest BCUT2D eigenvalue weighted by Crippen LogP contribution is 2.36. The second-order valence-electron chi connectivity index (χ2n) is 8.05. The van der Waals surface area contributed by atoms with Gasteiger partial charge in [0, 0.05) is 26.2 Å². The van der Waals surface area contributed by atoms with Crippen LogP contribution in [0.25, 0.3) is 10.2 Å². The van der Waals surface area contributed by atoms with Crippen LogP contribution in [0.2, 0.25) is 0 Å². The third-order valence-corrected chi connectivity index (χ3v) is 7.10.